The molecule has 0 aliphatic heterocycles. The summed E-state index contributed by atoms with van der Waals surface area (Å²) in [6.45, 7) is 6.65. The molecule has 0 aliphatic rings. The van der Waals surface area contributed by atoms with Gasteiger partial charge in [0.25, 0.3) is 0 Å². The number of benzene rings is 1. The normalized spacial score (nSPS) is 8.20. The Balaban J connectivity index is 0.000000621. The van der Waals surface area contributed by atoms with E-state index in [0.29, 0.717) is 12.8 Å². The molecule has 106 valence electrons. The van der Waals surface area contributed by atoms with Crippen molar-refractivity contribution < 1.29 is 19.1 Å². The molecule has 0 radical (unpaired) electrons. The summed E-state index contributed by atoms with van der Waals surface area (Å²) in [5, 5.41) is 2.19. The second-order valence-corrected chi connectivity index (χ2v) is 3.22. The minimum Gasteiger partial charge on any atom is -0.444 e. The Labute approximate surface area is 117 Å². The van der Waals surface area contributed by atoms with Crippen molar-refractivity contribution in [1.29, 1.82) is 0 Å². The zero-order valence-electron chi connectivity index (χ0n) is 10.9. The van der Waals surface area contributed by atoms with Gasteiger partial charge < -0.3 is 10.1 Å². The molecule has 0 spiro atoms. The summed E-state index contributed by atoms with van der Waals surface area (Å²) >= 11 is 0. The van der Waals surface area contributed by atoms with Crippen LogP contribution in [0, 0.1) is 0 Å². The SMILES string of the molecule is C=CN(C=O)C(=O)OCc1ccccc1.C=CNC=O. The topological polar surface area (TPSA) is 75.7 Å². The Kier molecular flexibility index (Phi) is 9.59. The van der Waals surface area contributed by atoms with Crippen LogP contribution in [0.2, 0.25) is 0 Å². The second kappa shape index (κ2) is 11.2. The van der Waals surface area contributed by atoms with Crippen molar-refractivity contribution in [3.63, 3.8) is 0 Å². The van der Waals surface area contributed by atoms with E-state index < -0.39 is 6.09 Å². The lowest BCUT2D eigenvalue weighted by atomic mass is 10.2. The third kappa shape index (κ3) is 7.44. The van der Waals surface area contributed by atoms with Crippen molar-refractivity contribution >= 4 is 18.9 Å². The Morgan fingerprint density at radius 3 is 2.30 bits per heavy atom. The van der Waals surface area contributed by atoms with Gasteiger partial charge in [0, 0.05) is 6.20 Å². The van der Waals surface area contributed by atoms with E-state index in [1.165, 1.54) is 6.20 Å². The summed E-state index contributed by atoms with van der Waals surface area (Å²) in [4.78, 5) is 31.5. The zero-order chi connectivity index (χ0) is 15.2. The van der Waals surface area contributed by atoms with E-state index in [2.05, 4.69) is 18.5 Å². The van der Waals surface area contributed by atoms with Crippen molar-refractivity contribution in [3.8, 4) is 0 Å². The number of hydrogen-bond donors (Lipinski definition) is 1. The molecule has 6 nitrogen and oxygen atoms in total. The molecule has 0 saturated heterocycles. The number of carbonyl (C=O) groups excluding carboxylic acids is 3. The van der Waals surface area contributed by atoms with E-state index in [-0.39, 0.29) is 6.61 Å². The maximum atomic E-state index is 11.2. The Morgan fingerprint density at radius 2 is 1.90 bits per heavy atom. The summed E-state index contributed by atoms with van der Waals surface area (Å²) in [5.41, 5.74) is 0.862. The lowest BCUT2D eigenvalue weighted by Crippen LogP contribution is -2.24. The monoisotopic (exact) mass is 276 g/mol. The zero-order valence-corrected chi connectivity index (χ0v) is 10.9. The molecule has 0 fully saturated rings. The van der Waals surface area contributed by atoms with E-state index in [0.717, 1.165) is 16.7 Å². The molecule has 0 unspecified atom stereocenters. The van der Waals surface area contributed by atoms with Gasteiger partial charge in [-0.2, -0.15) is 0 Å². The Morgan fingerprint density at radius 1 is 1.25 bits per heavy atom. The van der Waals surface area contributed by atoms with Gasteiger partial charge in [-0.05, 0) is 11.8 Å². The minimum atomic E-state index is -0.733. The maximum absolute atomic E-state index is 11.2. The molecule has 20 heavy (non-hydrogen) atoms. The van der Waals surface area contributed by atoms with Crippen LogP contribution in [0.25, 0.3) is 0 Å². The molecular formula is C14H16N2O4. The van der Waals surface area contributed by atoms with Crippen LogP contribution in [0.4, 0.5) is 4.79 Å². The van der Waals surface area contributed by atoms with Gasteiger partial charge in [-0.25, -0.2) is 9.69 Å². The molecule has 0 aliphatic carbocycles. The molecular weight excluding hydrogens is 260 g/mol. The predicted octanol–water partition coefficient (Wildman–Crippen LogP) is 1.80. The van der Waals surface area contributed by atoms with Crippen molar-refractivity contribution in [2.24, 2.45) is 0 Å². The fraction of sp³-hybridized carbons (Fsp3) is 0.0714. The number of amides is 3. The fourth-order valence-corrected chi connectivity index (χ4v) is 1.00. The maximum Gasteiger partial charge on any atom is 0.420 e. The number of hydrogen-bond acceptors (Lipinski definition) is 4. The van der Waals surface area contributed by atoms with Crippen LogP contribution in [-0.2, 0) is 20.9 Å². The average molecular weight is 276 g/mol. The van der Waals surface area contributed by atoms with E-state index in [1.807, 2.05) is 30.3 Å². The van der Waals surface area contributed by atoms with Gasteiger partial charge in [-0.15, -0.1) is 0 Å². The summed E-state index contributed by atoms with van der Waals surface area (Å²) in [6.07, 6.45) is 2.59. The number of nitrogens with one attached hydrogen (secondary N) is 1. The lowest BCUT2D eigenvalue weighted by molar-refractivity contribution is -0.115. The van der Waals surface area contributed by atoms with Crippen molar-refractivity contribution in [1.82, 2.24) is 10.2 Å². The second-order valence-electron chi connectivity index (χ2n) is 3.22. The molecule has 0 heterocycles. The van der Waals surface area contributed by atoms with E-state index in [4.69, 9.17) is 4.74 Å². The molecule has 6 heteroatoms. The van der Waals surface area contributed by atoms with Crippen molar-refractivity contribution in [2.75, 3.05) is 0 Å². The van der Waals surface area contributed by atoms with Gasteiger partial charge in [-0.1, -0.05) is 43.5 Å². The number of imide groups is 1. The lowest BCUT2D eigenvalue weighted by Gasteiger charge is -2.10. The summed E-state index contributed by atoms with van der Waals surface area (Å²) < 4.78 is 4.86. The highest BCUT2D eigenvalue weighted by Gasteiger charge is 2.09. The standard InChI is InChI=1S/C11H11NO3.C3H5NO/c1-2-12(9-13)11(14)15-8-10-6-4-3-5-7-10;1-2-4-3-5/h2-7,9H,1,8H2;2-3H,1H2,(H,4,5). The van der Waals surface area contributed by atoms with Crippen molar-refractivity contribution in [2.45, 2.75) is 6.61 Å². The summed E-state index contributed by atoms with van der Waals surface area (Å²) in [6, 6.07) is 9.20. The Hall–Kier alpha value is -2.89. The first-order valence-corrected chi connectivity index (χ1v) is 5.57. The summed E-state index contributed by atoms with van der Waals surface area (Å²) in [5.74, 6) is 0. The van der Waals surface area contributed by atoms with Gasteiger partial charge in [0.2, 0.25) is 12.8 Å². The van der Waals surface area contributed by atoms with Gasteiger partial charge >= 0.3 is 6.09 Å². The van der Waals surface area contributed by atoms with Gasteiger partial charge in [0.1, 0.15) is 6.61 Å². The first kappa shape index (κ1) is 17.1. The number of carbonyl (C=O) groups is 3. The van der Waals surface area contributed by atoms with Crippen LogP contribution in [0.3, 0.4) is 0 Å². The van der Waals surface area contributed by atoms with Crippen LogP contribution in [-0.4, -0.2) is 23.8 Å². The molecule has 0 aromatic heterocycles. The van der Waals surface area contributed by atoms with E-state index >= 15 is 0 Å². The number of nitrogens with zero attached hydrogens (tertiary/aromatic N) is 1. The van der Waals surface area contributed by atoms with Crippen LogP contribution in [0.15, 0.2) is 55.9 Å². The Bertz CT molecular complexity index is 432. The fourth-order valence-electron chi connectivity index (χ4n) is 1.00. The predicted molar refractivity (Wildman–Crippen MR) is 74.1 cm³/mol. The van der Waals surface area contributed by atoms with E-state index in [9.17, 15) is 14.4 Å². The molecule has 1 aromatic rings. The number of rotatable bonds is 6. The quantitative estimate of drug-likeness (QED) is 0.804. The highest BCUT2D eigenvalue weighted by Crippen LogP contribution is 2.02. The smallest absolute Gasteiger partial charge is 0.420 e. The molecule has 0 bridgehead atoms. The molecule has 1 N–H and O–H groups in total. The van der Waals surface area contributed by atoms with Gasteiger partial charge in [-0.3, -0.25) is 9.59 Å². The average Bonchev–Trinajstić information content (AvgIpc) is 2.49. The van der Waals surface area contributed by atoms with Crippen LogP contribution < -0.4 is 5.32 Å². The van der Waals surface area contributed by atoms with Crippen LogP contribution in [0.1, 0.15) is 5.56 Å². The van der Waals surface area contributed by atoms with E-state index in [1.54, 1.807) is 0 Å². The highest BCUT2D eigenvalue weighted by molar-refractivity contribution is 5.81. The van der Waals surface area contributed by atoms with Crippen LogP contribution >= 0.6 is 0 Å². The van der Waals surface area contributed by atoms with Crippen molar-refractivity contribution in [3.05, 3.63) is 61.5 Å². The first-order valence-electron chi connectivity index (χ1n) is 5.57. The number of ether oxygens (including phenoxy) is 1. The molecule has 1 rings (SSSR count). The molecule has 1 aromatic carbocycles. The van der Waals surface area contributed by atoms with Gasteiger partial charge in [0.15, 0.2) is 0 Å². The molecule has 0 atom stereocenters. The molecule has 3 amide bonds. The third-order valence-corrected chi connectivity index (χ3v) is 1.91. The van der Waals surface area contributed by atoms with Crippen LogP contribution in [0.5, 0.6) is 0 Å². The minimum absolute atomic E-state index is 0.137. The largest absolute Gasteiger partial charge is 0.444 e. The first-order chi connectivity index (χ1) is 9.69. The third-order valence-electron chi connectivity index (χ3n) is 1.91. The highest BCUT2D eigenvalue weighted by atomic mass is 16.6. The molecule has 0 saturated carbocycles. The summed E-state index contributed by atoms with van der Waals surface area (Å²) in [7, 11) is 0. The van der Waals surface area contributed by atoms with Gasteiger partial charge in [0.05, 0.1) is 0 Å².